The van der Waals surface area contributed by atoms with Gasteiger partial charge in [-0.3, -0.25) is 9.48 Å². The minimum Gasteiger partial charge on any atom is -0.352 e. The number of rotatable bonds is 3. The first-order chi connectivity index (χ1) is 8.59. The van der Waals surface area contributed by atoms with Gasteiger partial charge in [-0.15, -0.1) is 0 Å². The summed E-state index contributed by atoms with van der Waals surface area (Å²) in [4.78, 5) is 12.0. The van der Waals surface area contributed by atoms with Crippen molar-refractivity contribution in [3.05, 3.63) is 17.0 Å². The first kappa shape index (κ1) is 13.1. The average Bonchev–Trinajstić information content (AvgIpc) is 2.62. The van der Waals surface area contributed by atoms with Gasteiger partial charge in [-0.05, 0) is 33.2 Å². The zero-order valence-corrected chi connectivity index (χ0v) is 11.4. The van der Waals surface area contributed by atoms with Crippen LogP contribution < -0.4 is 10.6 Å². The van der Waals surface area contributed by atoms with Gasteiger partial charge in [0.25, 0.3) is 0 Å². The van der Waals surface area contributed by atoms with Gasteiger partial charge in [0.2, 0.25) is 5.91 Å². The summed E-state index contributed by atoms with van der Waals surface area (Å²) in [5.41, 5.74) is 3.25. The van der Waals surface area contributed by atoms with Crippen molar-refractivity contribution in [1.82, 2.24) is 20.4 Å². The van der Waals surface area contributed by atoms with Crippen molar-refractivity contribution in [2.24, 2.45) is 13.0 Å². The van der Waals surface area contributed by atoms with E-state index in [4.69, 9.17) is 0 Å². The molecule has 0 bridgehead atoms. The van der Waals surface area contributed by atoms with Crippen molar-refractivity contribution in [2.75, 3.05) is 13.1 Å². The van der Waals surface area contributed by atoms with Crippen molar-refractivity contribution in [3.8, 4) is 0 Å². The minimum absolute atomic E-state index is 0.121. The van der Waals surface area contributed by atoms with E-state index in [2.05, 4.69) is 15.7 Å². The molecule has 0 spiro atoms. The van der Waals surface area contributed by atoms with Gasteiger partial charge in [0, 0.05) is 31.4 Å². The Balaban J connectivity index is 1.92. The fourth-order valence-electron chi connectivity index (χ4n) is 2.47. The number of amides is 1. The van der Waals surface area contributed by atoms with Crippen molar-refractivity contribution in [1.29, 1.82) is 0 Å². The summed E-state index contributed by atoms with van der Waals surface area (Å²) in [6.45, 7) is 6.43. The molecule has 100 valence electrons. The van der Waals surface area contributed by atoms with Crippen LogP contribution in [0, 0.1) is 19.8 Å². The highest BCUT2D eigenvalue weighted by molar-refractivity contribution is 5.79. The number of carbonyl (C=O) groups excluding carboxylic acids is 1. The summed E-state index contributed by atoms with van der Waals surface area (Å²) >= 11 is 0. The van der Waals surface area contributed by atoms with E-state index in [0.717, 1.165) is 42.9 Å². The zero-order chi connectivity index (χ0) is 13.1. The summed E-state index contributed by atoms with van der Waals surface area (Å²) in [7, 11) is 1.93. The number of carbonyl (C=O) groups is 1. The van der Waals surface area contributed by atoms with Gasteiger partial charge in [-0.2, -0.15) is 5.10 Å². The van der Waals surface area contributed by atoms with Gasteiger partial charge >= 0.3 is 0 Å². The van der Waals surface area contributed by atoms with E-state index in [1.54, 1.807) is 0 Å². The standard InChI is InChI=1S/C13H22N4O/c1-9-12(10(2)17(3)16-9)8-15-13(18)11-5-4-6-14-7-11/h11,14H,4-8H2,1-3H3,(H,15,18). The highest BCUT2D eigenvalue weighted by Crippen LogP contribution is 2.13. The van der Waals surface area contributed by atoms with Crippen LogP contribution in [0.2, 0.25) is 0 Å². The molecule has 2 N–H and O–H groups in total. The third-order valence-electron chi connectivity index (χ3n) is 3.77. The van der Waals surface area contributed by atoms with Crippen LogP contribution in [-0.2, 0) is 18.4 Å². The predicted octanol–water partition coefficient (Wildman–Crippen LogP) is 0.653. The second-order valence-electron chi connectivity index (χ2n) is 5.03. The van der Waals surface area contributed by atoms with E-state index < -0.39 is 0 Å². The van der Waals surface area contributed by atoms with E-state index in [0.29, 0.717) is 6.54 Å². The molecule has 1 fully saturated rings. The minimum atomic E-state index is 0.121. The lowest BCUT2D eigenvalue weighted by Gasteiger charge is -2.21. The molecule has 2 heterocycles. The third-order valence-corrected chi connectivity index (χ3v) is 3.77. The zero-order valence-electron chi connectivity index (χ0n) is 11.4. The molecule has 0 aromatic carbocycles. The fraction of sp³-hybridized carbons (Fsp3) is 0.692. The highest BCUT2D eigenvalue weighted by Gasteiger charge is 2.21. The summed E-state index contributed by atoms with van der Waals surface area (Å²) in [6.07, 6.45) is 2.08. The molecule has 18 heavy (non-hydrogen) atoms. The number of nitrogens with one attached hydrogen (secondary N) is 2. The molecular formula is C13H22N4O. The SMILES string of the molecule is Cc1nn(C)c(C)c1CNC(=O)C1CCCNC1. The van der Waals surface area contributed by atoms with E-state index >= 15 is 0 Å². The van der Waals surface area contributed by atoms with Crippen LogP contribution >= 0.6 is 0 Å². The lowest BCUT2D eigenvalue weighted by Crippen LogP contribution is -2.40. The lowest BCUT2D eigenvalue weighted by molar-refractivity contribution is -0.125. The first-order valence-corrected chi connectivity index (χ1v) is 6.57. The monoisotopic (exact) mass is 250 g/mol. The van der Waals surface area contributed by atoms with Crippen molar-refractivity contribution in [2.45, 2.75) is 33.2 Å². The van der Waals surface area contributed by atoms with Crippen LogP contribution in [0.4, 0.5) is 0 Å². The molecule has 0 radical (unpaired) electrons. The van der Waals surface area contributed by atoms with Crippen LogP contribution in [0.15, 0.2) is 0 Å². The summed E-state index contributed by atoms with van der Waals surface area (Å²) in [5.74, 6) is 0.279. The summed E-state index contributed by atoms with van der Waals surface area (Å²) < 4.78 is 1.86. The maximum atomic E-state index is 12.0. The molecule has 5 nitrogen and oxygen atoms in total. The molecule has 1 aromatic heterocycles. The molecule has 1 aliphatic rings. The number of piperidine rings is 1. The Bertz CT molecular complexity index is 432. The molecule has 1 saturated heterocycles. The first-order valence-electron chi connectivity index (χ1n) is 6.57. The van der Waals surface area contributed by atoms with Gasteiger partial charge in [0.1, 0.15) is 0 Å². The largest absolute Gasteiger partial charge is 0.352 e. The van der Waals surface area contributed by atoms with Crippen LogP contribution in [0.25, 0.3) is 0 Å². The highest BCUT2D eigenvalue weighted by atomic mass is 16.1. The quantitative estimate of drug-likeness (QED) is 0.828. The Hall–Kier alpha value is -1.36. The summed E-state index contributed by atoms with van der Waals surface area (Å²) in [6, 6.07) is 0. The molecule has 1 amide bonds. The van der Waals surface area contributed by atoms with E-state index in [9.17, 15) is 4.79 Å². The van der Waals surface area contributed by atoms with Crippen molar-refractivity contribution < 1.29 is 4.79 Å². The Kier molecular flexibility index (Phi) is 4.01. The molecule has 2 rings (SSSR count). The van der Waals surface area contributed by atoms with E-state index in [1.807, 2.05) is 25.6 Å². The van der Waals surface area contributed by atoms with Crippen LogP contribution in [0.1, 0.15) is 29.8 Å². The van der Waals surface area contributed by atoms with Crippen LogP contribution in [0.5, 0.6) is 0 Å². The number of nitrogens with zero attached hydrogens (tertiary/aromatic N) is 2. The second kappa shape index (κ2) is 5.52. The molecule has 0 aliphatic carbocycles. The van der Waals surface area contributed by atoms with Gasteiger partial charge in [-0.25, -0.2) is 0 Å². The van der Waals surface area contributed by atoms with Crippen LogP contribution in [0.3, 0.4) is 0 Å². The lowest BCUT2D eigenvalue weighted by atomic mass is 9.99. The smallest absolute Gasteiger partial charge is 0.224 e. The van der Waals surface area contributed by atoms with Gasteiger partial charge in [0.05, 0.1) is 11.6 Å². The number of hydrogen-bond donors (Lipinski definition) is 2. The Morgan fingerprint density at radius 3 is 2.89 bits per heavy atom. The number of aromatic nitrogens is 2. The van der Waals surface area contributed by atoms with Gasteiger partial charge in [-0.1, -0.05) is 0 Å². The Morgan fingerprint density at radius 2 is 2.33 bits per heavy atom. The van der Waals surface area contributed by atoms with Gasteiger partial charge < -0.3 is 10.6 Å². The molecule has 0 saturated carbocycles. The van der Waals surface area contributed by atoms with Crippen molar-refractivity contribution in [3.63, 3.8) is 0 Å². The predicted molar refractivity (Wildman–Crippen MR) is 70.1 cm³/mol. The summed E-state index contributed by atoms with van der Waals surface area (Å²) in [5, 5.41) is 10.6. The topological polar surface area (TPSA) is 59.0 Å². The fourth-order valence-corrected chi connectivity index (χ4v) is 2.47. The maximum Gasteiger partial charge on any atom is 0.224 e. The van der Waals surface area contributed by atoms with E-state index in [-0.39, 0.29) is 11.8 Å². The number of aryl methyl sites for hydroxylation is 2. The Labute approximate surface area is 108 Å². The number of hydrogen-bond acceptors (Lipinski definition) is 3. The molecule has 1 unspecified atom stereocenters. The molecular weight excluding hydrogens is 228 g/mol. The van der Waals surface area contributed by atoms with Crippen LogP contribution in [-0.4, -0.2) is 28.8 Å². The second-order valence-corrected chi connectivity index (χ2v) is 5.03. The molecule has 1 aromatic rings. The molecule has 1 aliphatic heterocycles. The van der Waals surface area contributed by atoms with Gasteiger partial charge in [0.15, 0.2) is 0 Å². The maximum absolute atomic E-state index is 12.0. The molecule has 5 heteroatoms. The average molecular weight is 250 g/mol. The Morgan fingerprint density at radius 1 is 1.56 bits per heavy atom. The molecule has 1 atom stereocenters. The normalized spacial score (nSPS) is 19.8. The van der Waals surface area contributed by atoms with Crippen molar-refractivity contribution >= 4 is 5.91 Å². The third kappa shape index (κ3) is 2.72. The van der Waals surface area contributed by atoms with E-state index in [1.165, 1.54) is 0 Å².